The number of ketones is 2. The molecule has 1 N–H and O–H groups in total. The van der Waals surface area contributed by atoms with Gasteiger partial charge in [0.1, 0.15) is 17.2 Å². The molecule has 0 aliphatic rings. The van der Waals surface area contributed by atoms with Crippen molar-refractivity contribution in [1.29, 1.82) is 0 Å². The molecule has 0 aromatic heterocycles. The van der Waals surface area contributed by atoms with Crippen LogP contribution in [0.2, 0.25) is 0 Å². The van der Waals surface area contributed by atoms with Gasteiger partial charge in [0, 0.05) is 0 Å². The molecule has 3 aromatic carbocycles. The smallest absolute Gasteiger partial charge is 0.147 e. The SMILES string of the molecule is CC(=O)CC(=O)C(Cc1ccccc1)C(O)(c1ccccc1)c1ccccc1. The van der Waals surface area contributed by atoms with Crippen LogP contribution in [0, 0.1) is 5.92 Å². The van der Waals surface area contributed by atoms with Crippen molar-refractivity contribution in [3.8, 4) is 0 Å². The van der Waals surface area contributed by atoms with E-state index in [9.17, 15) is 14.7 Å². The first-order chi connectivity index (χ1) is 13.5. The average Bonchev–Trinajstić information content (AvgIpc) is 2.73. The van der Waals surface area contributed by atoms with E-state index in [0.29, 0.717) is 17.5 Å². The summed E-state index contributed by atoms with van der Waals surface area (Å²) in [6.45, 7) is 1.40. The number of hydrogen-bond donors (Lipinski definition) is 1. The summed E-state index contributed by atoms with van der Waals surface area (Å²) in [6.07, 6.45) is 0.146. The Labute approximate surface area is 165 Å². The van der Waals surface area contributed by atoms with Gasteiger partial charge < -0.3 is 5.11 Å². The second-order valence-corrected chi connectivity index (χ2v) is 7.09. The third-order valence-corrected chi connectivity index (χ3v) is 5.03. The van der Waals surface area contributed by atoms with Gasteiger partial charge in [-0.25, -0.2) is 0 Å². The predicted octanol–water partition coefficient (Wildman–Crippen LogP) is 4.33. The number of carbonyl (C=O) groups excluding carboxylic acids is 2. The molecule has 0 saturated heterocycles. The molecule has 142 valence electrons. The number of carbonyl (C=O) groups is 2. The lowest BCUT2D eigenvalue weighted by Crippen LogP contribution is -2.42. The molecule has 0 aliphatic heterocycles. The molecule has 3 heteroatoms. The lowest BCUT2D eigenvalue weighted by atomic mass is 9.71. The number of benzene rings is 3. The maximum atomic E-state index is 13.2. The van der Waals surface area contributed by atoms with Crippen LogP contribution < -0.4 is 0 Å². The summed E-state index contributed by atoms with van der Waals surface area (Å²) in [5.74, 6) is -1.25. The number of aliphatic hydroxyl groups is 1. The van der Waals surface area contributed by atoms with Crippen LogP contribution >= 0.6 is 0 Å². The predicted molar refractivity (Wildman–Crippen MR) is 110 cm³/mol. The van der Waals surface area contributed by atoms with E-state index in [4.69, 9.17) is 0 Å². The van der Waals surface area contributed by atoms with Gasteiger partial charge in [0.25, 0.3) is 0 Å². The summed E-state index contributed by atoms with van der Waals surface area (Å²) in [5, 5.41) is 12.0. The monoisotopic (exact) mass is 372 g/mol. The highest BCUT2D eigenvalue weighted by atomic mass is 16.3. The van der Waals surface area contributed by atoms with Crippen LogP contribution in [-0.4, -0.2) is 16.7 Å². The van der Waals surface area contributed by atoms with Crippen molar-refractivity contribution in [3.05, 3.63) is 108 Å². The molecule has 0 spiro atoms. The summed E-state index contributed by atoms with van der Waals surface area (Å²) in [4.78, 5) is 24.9. The fourth-order valence-corrected chi connectivity index (χ4v) is 3.67. The fraction of sp³-hybridized carbons (Fsp3) is 0.200. The first-order valence-corrected chi connectivity index (χ1v) is 9.41. The molecule has 0 bridgehead atoms. The Kier molecular flexibility index (Phi) is 6.17. The highest BCUT2D eigenvalue weighted by Crippen LogP contribution is 2.39. The van der Waals surface area contributed by atoms with E-state index in [0.717, 1.165) is 5.56 Å². The molecule has 0 saturated carbocycles. The Bertz CT molecular complexity index is 878. The molecule has 28 heavy (non-hydrogen) atoms. The van der Waals surface area contributed by atoms with E-state index in [2.05, 4.69) is 0 Å². The Morgan fingerprint density at radius 1 is 0.786 bits per heavy atom. The first kappa shape index (κ1) is 19.7. The van der Waals surface area contributed by atoms with E-state index in [1.54, 1.807) is 0 Å². The second kappa shape index (κ2) is 8.77. The molecule has 1 atom stereocenters. The van der Waals surface area contributed by atoms with Gasteiger partial charge in [0.2, 0.25) is 0 Å². The largest absolute Gasteiger partial charge is 0.380 e. The molecule has 3 aromatic rings. The zero-order chi connectivity index (χ0) is 20.0. The van der Waals surface area contributed by atoms with Crippen molar-refractivity contribution in [1.82, 2.24) is 0 Å². The minimum absolute atomic E-state index is 0.195. The van der Waals surface area contributed by atoms with Crippen molar-refractivity contribution in [2.24, 2.45) is 5.92 Å². The van der Waals surface area contributed by atoms with Crippen molar-refractivity contribution in [3.63, 3.8) is 0 Å². The lowest BCUT2D eigenvalue weighted by Gasteiger charge is -2.36. The zero-order valence-electron chi connectivity index (χ0n) is 15.9. The van der Waals surface area contributed by atoms with Gasteiger partial charge in [-0.2, -0.15) is 0 Å². The Morgan fingerprint density at radius 3 is 1.64 bits per heavy atom. The molecule has 0 radical (unpaired) electrons. The normalized spacial score (nSPS) is 12.4. The Hall–Kier alpha value is -3.04. The molecule has 0 aliphatic carbocycles. The maximum Gasteiger partial charge on any atom is 0.147 e. The molecule has 3 nitrogen and oxygen atoms in total. The van der Waals surface area contributed by atoms with Gasteiger partial charge in [-0.3, -0.25) is 9.59 Å². The zero-order valence-corrected chi connectivity index (χ0v) is 15.9. The van der Waals surface area contributed by atoms with Crippen LogP contribution in [0.4, 0.5) is 0 Å². The summed E-state index contributed by atoms with van der Waals surface area (Å²) in [6, 6.07) is 28.0. The summed E-state index contributed by atoms with van der Waals surface area (Å²) in [5.41, 5.74) is 0.679. The van der Waals surface area contributed by atoms with E-state index in [1.807, 2.05) is 91.0 Å². The van der Waals surface area contributed by atoms with Gasteiger partial charge in [0.15, 0.2) is 0 Å². The van der Waals surface area contributed by atoms with Crippen LogP contribution in [-0.2, 0) is 21.6 Å². The van der Waals surface area contributed by atoms with Crippen LogP contribution in [0.5, 0.6) is 0 Å². The average molecular weight is 372 g/mol. The van der Waals surface area contributed by atoms with Crippen molar-refractivity contribution < 1.29 is 14.7 Å². The second-order valence-electron chi connectivity index (χ2n) is 7.09. The van der Waals surface area contributed by atoms with Crippen molar-refractivity contribution in [2.75, 3.05) is 0 Å². The Morgan fingerprint density at radius 2 is 1.21 bits per heavy atom. The van der Waals surface area contributed by atoms with Crippen LogP contribution in [0.1, 0.15) is 30.0 Å². The van der Waals surface area contributed by atoms with Gasteiger partial charge in [-0.1, -0.05) is 91.0 Å². The van der Waals surface area contributed by atoms with Gasteiger partial charge in [0.05, 0.1) is 12.3 Å². The highest BCUT2D eigenvalue weighted by Gasteiger charge is 2.44. The number of hydrogen-bond acceptors (Lipinski definition) is 3. The van der Waals surface area contributed by atoms with E-state index in [-0.39, 0.29) is 18.0 Å². The molecular weight excluding hydrogens is 348 g/mol. The van der Waals surface area contributed by atoms with E-state index < -0.39 is 11.5 Å². The van der Waals surface area contributed by atoms with Gasteiger partial charge in [-0.15, -0.1) is 0 Å². The minimum Gasteiger partial charge on any atom is -0.380 e. The summed E-state index contributed by atoms with van der Waals surface area (Å²) in [7, 11) is 0. The van der Waals surface area contributed by atoms with Crippen LogP contribution in [0.3, 0.4) is 0 Å². The standard InChI is InChI=1S/C25H24O3/c1-19(26)17-24(27)23(18-20-11-5-2-6-12-20)25(28,21-13-7-3-8-14-21)22-15-9-4-10-16-22/h2-16,23,28H,17-18H2,1H3. The maximum absolute atomic E-state index is 13.2. The fourth-order valence-electron chi connectivity index (χ4n) is 3.67. The lowest BCUT2D eigenvalue weighted by molar-refractivity contribution is -0.134. The molecular formula is C25H24O3. The van der Waals surface area contributed by atoms with Crippen molar-refractivity contribution in [2.45, 2.75) is 25.4 Å². The Balaban J connectivity index is 2.15. The summed E-state index contributed by atoms with van der Waals surface area (Å²) < 4.78 is 0. The topological polar surface area (TPSA) is 54.4 Å². The number of Topliss-reactive ketones (excluding diaryl/α,β-unsaturated/α-hetero) is 2. The first-order valence-electron chi connectivity index (χ1n) is 9.41. The molecule has 0 fully saturated rings. The third kappa shape index (κ3) is 4.26. The quantitative estimate of drug-likeness (QED) is 0.599. The third-order valence-electron chi connectivity index (χ3n) is 5.03. The van der Waals surface area contributed by atoms with Crippen LogP contribution in [0.25, 0.3) is 0 Å². The molecule has 0 heterocycles. The van der Waals surface area contributed by atoms with Gasteiger partial charge in [-0.05, 0) is 30.0 Å². The van der Waals surface area contributed by atoms with Crippen molar-refractivity contribution >= 4 is 11.6 Å². The number of rotatable bonds is 8. The molecule has 0 amide bonds. The molecule has 3 rings (SSSR count). The van der Waals surface area contributed by atoms with Gasteiger partial charge >= 0.3 is 0 Å². The molecule has 1 unspecified atom stereocenters. The summed E-state index contributed by atoms with van der Waals surface area (Å²) >= 11 is 0. The minimum atomic E-state index is -1.54. The van der Waals surface area contributed by atoms with E-state index in [1.165, 1.54) is 6.92 Å². The van der Waals surface area contributed by atoms with Crippen LogP contribution in [0.15, 0.2) is 91.0 Å². The highest BCUT2D eigenvalue weighted by molar-refractivity contribution is 6.00. The van der Waals surface area contributed by atoms with E-state index >= 15 is 0 Å².